The predicted molar refractivity (Wildman–Crippen MR) is 101 cm³/mol. The number of anilines is 1. The van der Waals surface area contributed by atoms with E-state index in [4.69, 9.17) is 4.74 Å². The second-order valence-electron chi connectivity index (χ2n) is 5.94. The molecule has 0 atom stereocenters. The molecule has 0 aliphatic carbocycles. The van der Waals surface area contributed by atoms with E-state index in [1.165, 1.54) is 0 Å². The molecule has 2 aromatic heterocycles. The van der Waals surface area contributed by atoms with Gasteiger partial charge in [-0.2, -0.15) is 5.10 Å². The number of nitrogens with zero attached hydrogens (tertiary/aromatic N) is 4. The van der Waals surface area contributed by atoms with Crippen molar-refractivity contribution in [1.29, 1.82) is 0 Å². The largest absolute Gasteiger partial charge is 0.497 e. The lowest BCUT2D eigenvalue weighted by Crippen LogP contribution is -2.22. The van der Waals surface area contributed by atoms with Gasteiger partial charge in [0.2, 0.25) is 0 Å². The number of carbonyl (C=O) groups is 1. The van der Waals surface area contributed by atoms with Gasteiger partial charge in [-0.25, -0.2) is 9.50 Å². The van der Waals surface area contributed by atoms with E-state index >= 15 is 0 Å². The van der Waals surface area contributed by atoms with E-state index in [0.29, 0.717) is 22.6 Å². The highest BCUT2D eigenvalue weighted by atomic mass is 16.5. The maximum absolute atomic E-state index is 12.6. The quantitative estimate of drug-likeness (QED) is 0.707. The summed E-state index contributed by atoms with van der Waals surface area (Å²) in [5, 5.41) is 7.14. The molecule has 0 radical (unpaired) electrons. The lowest BCUT2D eigenvalue weighted by Gasteiger charge is -2.17. The third-order valence-electron chi connectivity index (χ3n) is 4.28. The van der Waals surface area contributed by atoms with Crippen LogP contribution in [0.2, 0.25) is 0 Å². The number of amides is 1. The molecule has 136 valence electrons. The molecule has 26 heavy (non-hydrogen) atoms. The van der Waals surface area contributed by atoms with Gasteiger partial charge in [0.15, 0.2) is 5.65 Å². The molecule has 0 aliphatic rings. The summed E-state index contributed by atoms with van der Waals surface area (Å²) >= 11 is 0. The van der Waals surface area contributed by atoms with E-state index in [-0.39, 0.29) is 5.91 Å². The normalized spacial score (nSPS) is 11.1. The minimum absolute atomic E-state index is 0.253. The molecule has 0 saturated heterocycles. The first-order chi connectivity index (χ1) is 12.6. The Morgan fingerprint density at radius 1 is 1.27 bits per heavy atom. The van der Waals surface area contributed by atoms with Crippen molar-refractivity contribution >= 4 is 17.2 Å². The summed E-state index contributed by atoms with van der Waals surface area (Å²) < 4.78 is 6.83. The van der Waals surface area contributed by atoms with E-state index in [2.05, 4.69) is 34.1 Å². The zero-order chi connectivity index (χ0) is 18.5. The first kappa shape index (κ1) is 17.9. The van der Waals surface area contributed by atoms with E-state index in [9.17, 15) is 4.79 Å². The standard InChI is InChI=1S/C19H23N5O2/c1-4-23(5-2)12-14-10-20-18-17(11-21-24(18)13-14)19(25)22-15-7-6-8-16(9-15)26-3/h6-11,13H,4-5,12H2,1-3H3,(H,22,25). The highest BCUT2D eigenvalue weighted by Crippen LogP contribution is 2.18. The molecule has 1 aromatic carbocycles. The summed E-state index contributed by atoms with van der Waals surface area (Å²) in [6.07, 6.45) is 5.26. The van der Waals surface area contributed by atoms with Gasteiger partial charge in [-0.1, -0.05) is 19.9 Å². The number of aromatic nitrogens is 3. The highest BCUT2D eigenvalue weighted by Gasteiger charge is 2.15. The summed E-state index contributed by atoms with van der Waals surface area (Å²) in [4.78, 5) is 19.3. The molecular weight excluding hydrogens is 330 g/mol. The molecule has 0 fully saturated rings. The van der Waals surface area contributed by atoms with E-state index < -0.39 is 0 Å². The van der Waals surface area contributed by atoms with Gasteiger partial charge in [-0.15, -0.1) is 0 Å². The molecule has 0 spiro atoms. The number of fused-ring (bicyclic) bond motifs is 1. The Bertz CT molecular complexity index is 902. The Hall–Kier alpha value is -2.93. The summed E-state index contributed by atoms with van der Waals surface area (Å²) in [5.41, 5.74) is 2.69. The minimum atomic E-state index is -0.253. The first-order valence-corrected chi connectivity index (χ1v) is 8.64. The maximum atomic E-state index is 12.6. The molecule has 2 heterocycles. The van der Waals surface area contributed by atoms with Crippen LogP contribution in [0.5, 0.6) is 5.75 Å². The van der Waals surface area contributed by atoms with Crippen molar-refractivity contribution in [2.45, 2.75) is 20.4 Å². The highest BCUT2D eigenvalue weighted by molar-refractivity contribution is 6.08. The van der Waals surface area contributed by atoms with Crippen molar-refractivity contribution in [3.8, 4) is 5.75 Å². The Kier molecular flexibility index (Phi) is 5.48. The van der Waals surface area contributed by atoms with Crippen molar-refractivity contribution in [2.24, 2.45) is 0 Å². The summed E-state index contributed by atoms with van der Waals surface area (Å²) in [6, 6.07) is 7.22. The Morgan fingerprint density at radius 2 is 2.08 bits per heavy atom. The SMILES string of the molecule is CCN(CC)Cc1cnc2c(C(=O)Nc3cccc(OC)c3)cnn2c1. The first-order valence-electron chi connectivity index (χ1n) is 8.64. The van der Waals surface area contributed by atoms with Crippen LogP contribution < -0.4 is 10.1 Å². The van der Waals surface area contributed by atoms with Crippen LogP contribution in [0.4, 0.5) is 5.69 Å². The van der Waals surface area contributed by atoms with Crippen molar-refractivity contribution in [3.05, 3.63) is 54.0 Å². The number of benzene rings is 1. The molecule has 1 amide bonds. The number of hydrogen-bond donors (Lipinski definition) is 1. The predicted octanol–water partition coefficient (Wildman–Crippen LogP) is 2.83. The van der Waals surface area contributed by atoms with Gasteiger partial charge in [0.05, 0.1) is 13.3 Å². The van der Waals surface area contributed by atoms with E-state index in [1.54, 1.807) is 30.1 Å². The average molecular weight is 353 g/mol. The summed E-state index contributed by atoms with van der Waals surface area (Å²) in [7, 11) is 1.59. The number of methoxy groups -OCH3 is 1. The summed E-state index contributed by atoms with van der Waals surface area (Å²) in [6.45, 7) is 7.01. The van der Waals surface area contributed by atoms with Gasteiger partial charge in [-0.05, 0) is 25.2 Å². The van der Waals surface area contributed by atoms with Crippen LogP contribution >= 0.6 is 0 Å². The van der Waals surface area contributed by atoms with Gasteiger partial charge in [-0.3, -0.25) is 9.69 Å². The molecule has 0 aliphatic heterocycles. The van der Waals surface area contributed by atoms with Crippen LogP contribution in [-0.4, -0.2) is 45.6 Å². The van der Waals surface area contributed by atoms with Crippen molar-refractivity contribution < 1.29 is 9.53 Å². The zero-order valence-corrected chi connectivity index (χ0v) is 15.3. The molecule has 1 N–H and O–H groups in total. The molecule has 0 bridgehead atoms. The van der Waals surface area contributed by atoms with Crippen LogP contribution in [-0.2, 0) is 6.54 Å². The van der Waals surface area contributed by atoms with Gasteiger partial charge in [0.1, 0.15) is 11.3 Å². The van der Waals surface area contributed by atoms with E-state index in [0.717, 1.165) is 25.2 Å². The topological polar surface area (TPSA) is 71.8 Å². The fourth-order valence-corrected chi connectivity index (χ4v) is 2.76. The minimum Gasteiger partial charge on any atom is -0.497 e. The van der Waals surface area contributed by atoms with Gasteiger partial charge >= 0.3 is 0 Å². The average Bonchev–Trinajstić information content (AvgIpc) is 3.09. The molecule has 3 aromatic rings. The smallest absolute Gasteiger partial charge is 0.261 e. The number of ether oxygens (including phenoxy) is 1. The molecule has 7 nitrogen and oxygen atoms in total. The number of rotatable bonds is 7. The number of nitrogens with one attached hydrogen (secondary N) is 1. The van der Waals surface area contributed by atoms with Crippen LogP contribution in [0.15, 0.2) is 42.9 Å². The lowest BCUT2D eigenvalue weighted by molar-refractivity contribution is 0.102. The maximum Gasteiger partial charge on any atom is 0.261 e. The third kappa shape index (κ3) is 3.83. The van der Waals surface area contributed by atoms with Crippen LogP contribution in [0.3, 0.4) is 0 Å². The number of carbonyl (C=O) groups excluding carboxylic acids is 1. The van der Waals surface area contributed by atoms with Crippen molar-refractivity contribution in [3.63, 3.8) is 0 Å². The zero-order valence-electron chi connectivity index (χ0n) is 15.3. The molecule has 7 heteroatoms. The second kappa shape index (κ2) is 7.97. The van der Waals surface area contributed by atoms with Crippen LogP contribution in [0.25, 0.3) is 5.65 Å². The van der Waals surface area contributed by atoms with Crippen LogP contribution in [0.1, 0.15) is 29.8 Å². The van der Waals surface area contributed by atoms with Gasteiger partial charge in [0, 0.05) is 36.3 Å². The lowest BCUT2D eigenvalue weighted by atomic mass is 10.2. The van der Waals surface area contributed by atoms with Gasteiger partial charge < -0.3 is 10.1 Å². The fraction of sp³-hybridized carbons (Fsp3) is 0.316. The van der Waals surface area contributed by atoms with Gasteiger partial charge in [0.25, 0.3) is 5.91 Å². The Balaban J connectivity index is 1.80. The van der Waals surface area contributed by atoms with Crippen molar-refractivity contribution in [2.75, 3.05) is 25.5 Å². The monoisotopic (exact) mass is 353 g/mol. The molecule has 0 saturated carbocycles. The molecular formula is C19H23N5O2. The summed E-state index contributed by atoms with van der Waals surface area (Å²) in [5.74, 6) is 0.430. The second-order valence-corrected chi connectivity index (χ2v) is 5.94. The van der Waals surface area contributed by atoms with Crippen LogP contribution in [0, 0.1) is 0 Å². The van der Waals surface area contributed by atoms with E-state index in [1.807, 2.05) is 24.4 Å². The van der Waals surface area contributed by atoms with Crippen molar-refractivity contribution in [1.82, 2.24) is 19.5 Å². The third-order valence-corrected chi connectivity index (χ3v) is 4.28. The Labute approximate surface area is 152 Å². The molecule has 3 rings (SSSR count). The fourth-order valence-electron chi connectivity index (χ4n) is 2.76. The molecule has 0 unspecified atom stereocenters. The Morgan fingerprint density at radius 3 is 2.81 bits per heavy atom. The number of hydrogen-bond acceptors (Lipinski definition) is 5.